The third-order valence-electron chi connectivity index (χ3n) is 3.31. The molecule has 0 unspecified atom stereocenters. The van der Waals surface area contributed by atoms with Crippen LogP contribution in [0.4, 0.5) is 14.5 Å². The maximum absolute atomic E-state index is 13.5. The van der Waals surface area contributed by atoms with Gasteiger partial charge in [0.15, 0.2) is 6.61 Å². The van der Waals surface area contributed by atoms with Gasteiger partial charge in [-0.3, -0.25) is 4.79 Å². The summed E-state index contributed by atoms with van der Waals surface area (Å²) in [5, 5.41) is 4.15. The summed E-state index contributed by atoms with van der Waals surface area (Å²) < 4.78 is 32.0. The van der Waals surface area contributed by atoms with Crippen molar-refractivity contribution in [3.63, 3.8) is 0 Å². The van der Waals surface area contributed by atoms with Crippen molar-refractivity contribution in [3.05, 3.63) is 72.3 Å². The Morgan fingerprint density at radius 3 is 2.65 bits per heavy atom. The fourth-order valence-electron chi connectivity index (χ4n) is 2.24. The number of hydrogen-bond donors (Lipinski definition) is 1. The molecule has 0 aliphatic heterocycles. The fraction of sp³-hybridized carbons (Fsp3) is 0.0556. The summed E-state index contributed by atoms with van der Waals surface area (Å²) in [6, 6.07) is 16.0. The first-order valence-electron chi connectivity index (χ1n) is 6.99. The standard InChI is InChI=1S/C18H13F2NO2/c19-13-8-9-15(20)16(10-13)21-18(22)11-23-17-7-3-5-12-4-1-2-6-14(12)17/h1-10H,11H2,(H,21,22). The zero-order valence-corrected chi connectivity index (χ0v) is 12.1. The van der Waals surface area contributed by atoms with Crippen LogP contribution in [0, 0.1) is 11.6 Å². The van der Waals surface area contributed by atoms with Crippen LogP contribution in [-0.2, 0) is 4.79 Å². The van der Waals surface area contributed by atoms with Crippen LogP contribution in [-0.4, -0.2) is 12.5 Å². The van der Waals surface area contributed by atoms with Crippen molar-refractivity contribution >= 4 is 22.4 Å². The van der Waals surface area contributed by atoms with Gasteiger partial charge in [-0.2, -0.15) is 0 Å². The quantitative estimate of drug-likeness (QED) is 0.786. The summed E-state index contributed by atoms with van der Waals surface area (Å²) in [4.78, 5) is 11.9. The smallest absolute Gasteiger partial charge is 0.262 e. The molecule has 3 aromatic carbocycles. The zero-order valence-electron chi connectivity index (χ0n) is 12.1. The van der Waals surface area contributed by atoms with Gasteiger partial charge in [-0.25, -0.2) is 8.78 Å². The van der Waals surface area contributed by atoms with Gasteiger partial charge in [0.05, 0.1) is 5.69 Å². The molecular formula is C18H13F2NO2. The Hall–Kier alpha value is -2.95. The number of hydrogen-bond acceptors (Lipinski definition) is 2. The van der Waals surface area contributed by atoms with Gasteiger partial charge in [0.25, 0.3) is 5.91 Å². The Labute approximate surface area is 131 Å². The van der Waals surface area contributed by atoms with E-state index in [9.17, 15) is 13.6 Å². The number of amides is 1. The molecule has 0 spiro atoms. The van der Waals surface area contributed by atoms with Gasteiger partial charge in [0.1, 0.15) is 17.4 Å². The normalized spacial score (nSPS) is 10.5. The van der Waals surface area contributed by atoms with Crippen LogP contribution in [0.5, 0.6) is 5.75 Å². The molecule has 0 fully saturated rings. The fourth-order valence-corrected chi connectivity index (χ4v) is 2.24. The SMILES string of the molecule is O=C(COc1cccc2ccccc12)Nc1cc(F)ccc1F. The molecule has 0 aromatic heterocycles. The molecule has 0 atom stereocenters. The number of halogens is 2. The van der Waals surface area contributed by atoms with Crippen LogP contribution in [0.15, 0.2) is 60.7 Å². The molecule has 0 radical (unpaired) electrons. The van der Waals surface area contributed by atoms with E-state index in [-0.39, 0.29) is 12.3 Å². The molecule has 3 aromatic rings. The van der Waals surface area contributed by atoms with Crippen LogP contribution >= 0.6 is 0 Å². The second-order valence-corrected chi connectivity index (χ2v) is 4.94. The maximum atomic E-state index is 13.5. The largest absolute Gasteiger partial charge is 0.483 e. The number of rotatable bonds is 4. The Kier molecular flexibility index (Phi) is 4.19. The lowest BCUT2D eigenvalue weighted by Crippen LogP contribution is -2.21. The lowest BCUT2D eigenvalue weighted by molar-refractivity contribution is -0.118. The van der Waals surface area contributed by atoms with E-state index in [4.69, 9.17) is 4.74 Å². The predicted molar refractivity (Wildman–Crippen MR) is 84.4 cm³/mol. The van der Waals surface area contributed by atoms with E-state index in [2.05, 4.69) is 5.32 Å². The third-order valence-corrected chi connectivity index (χ3v) is 3.31. The summed E-state index contributed by atoms with van der Waals surface area (Å²) in [7, 11) is 0. The molecular weight excluding hydrogens is 300 g/mol. The minimum absolute atomic E-state index is 0.212. The van der Waals surface area contributed by atoms with Crippen LogP contribution < -0.4 is 10.1 Å². The second-order valence-electron chi connectivity index (χ2n) is 4.94. The van der Waals surface area contributed by atoms with Gasteiger partial charge in [-0.15, -0.1) is 0 Å². The highest BCUT2D eigenvalue weighted by Crippen LogP contribution is 2.25. The van der Waals surface area contributed by atoms with Gasteiger partial charge < -0.3 is 10.1 Å². The van der Waals surface area contributed by atoms with Gasteiger partial charge in [-0.05, 0) is 23.6 Å². The maximum Gasteiger partial charge on any atom is 0.262 e. The van der Waals surface area contributed by atoms with Crippen molar-refractivity contribution < 1.29 is 18.3 Å². The molecule has 116 valence electrons. The number of benzene rings is 3. The van der Waals surface area contributed by atoms with Crippen molar-refractivity contribution in [1.29, 1.82) is 0 Å². The van der Waals surface area contributed by atoms with Crippen molar-refractivity contribution in [3.8, 4) is 5.75 Å². The lowest BCUT2D eigenvalue weighted by atomic mass is 10.1. The number of nitrogens with one attached hydrogen (secondary N) is 1. The number of fused-ring (bicyclic) bond motifs is 1. The average molecular weight is 313 g/mol. The summed E-state index contributed by atoms with van der Waals surface area (Å²) in [5.74, 6) is -1.35. The Morgan fingerprint density at radius 1 is 1.00 bits per heavy atom. The zero-order chi connectivity index (χ0) is 16.2. The molecule has 0 aliphatic rings. The van der Waals surface area contributed by atoms with E-state index in [0.29, 0.717) is 5.75 Å². The monoisotopic (exact) mass is 313 g/mol. The lowest BCUT2D eigenvalue weighted by Gasteiger charge is -2.10. The van der Waals surface area contributed by atoms with E-state index in [1.165, 1.54) is 0 Å². The first-order valence-corrected chi connectivity index (χ1v) is 6.99. The summed E-state index contributed by atoms with van der Waals surface area (Å²) >= 11 is 0. The highest BCUT2D eigenvalue weighted by Gasteiger charge is 2.10. The topological polar surface area (TPSA) is 38.3 Å². The predicted octanol–water partition coefficient (Wildman–Crippen LogP) is 4.14. The Balaban J connectivity index is 1.70. The first kappa shape index (κ1) is 15.0. The summed E-state index contributed by atoms with van der Waals surface area (Å²) in [6.07, 6.45) is 0. The number of ether oxygens (including phenoxy) is 1. The van der Waals surface area contributed by atoms with Crippen LogP contribution in [0.25, 0.3) is 10.8 Å². The minimum atomic E-state index is -0.704. The summed E-state index contributed by atoms with van der Waals surface area (Å²) in [5.41, 5.74) is -0.212. The number of anilines is 1. The molecule has 0 aliphatic carbocycles. The molecule has 1 N–H and O–H groups in total. The van der Waals surface area contributed by atoms with E-state index >= 15 is 0 Å². The molecule has 0 bridgehead atoms. The van der Waals surface area contributed by atoms with Gasteiger partial charge in [0, 0.05) is 11.5 Å². The van der Waals surface area contributed by atoms with E-state index in [1.807, 2.05) is 36.4 Å². The first-order chi connectivity index (χ1) is 11.1. The van der Waals surface area contributed by atoms with Crippen molar-refractivity contribution in [2.75, 3.05) is 11.9 Å². The molecule has 23 heavy (non-hydrogen) atoms. The highest BCUT2D eigenvalue weighted by molar-refractivity contribution is 5.93. The molecule has 3 rings (SSSR count). The molecule has 1 amide bonds. The van der Waals surface area contributed by atoms with Crippen molar-refractivity contribution in [1.82, 2.24) is 0 Å². The van der Waals surface area contributed by atoms with Crippen LogP contribution in [0.3, 0.4) is 0 Å². The van der Waals surface area contributed by atoms with E-state index < -0.39 is 17.5 Å². The van der Waals surface area contributed by atoms with Crippen LogP contribution in [0.2, 0.25) is 0 Å². The summed E-state index contributed by atoms with van der Waals surface area (Å²) in [6.45, 7) is -0.302. The van der Waals surface area contributed by atoms with Gasteiger partial charge >= 0.3 is 0 Å². The molecule has 5 heteroatoms. The minimum Gasteiger partial charge on any atom is -0.483 e. The van der Waals surface area contributed by atoms with Crippen molar-refractivity contribution in [2.45, 2.75) is 0 Å². The molecule has 0 saturated heterocycles. The van der Waals surface area contributed by atoms with Gasteiger partial charge in [0.2, 0.25) is 0 Å². The van der Waals surface area contributed by atoms with Crippen LogP contribution in [0.1, 0.15) is 0 Å². The van der Waals surface area contributed by atoms with Crippen molar-refractivity contribution in [2.24, 2.45) is 0 Å². The average Bonchev–Trinajstić information content (AvgIpc) is 2.56. The Morgan fingerprint density at radius 2 is 1.78 bits per heavy atom. The molecule has 3 nitrogen and oxygen atoms in total. The Bertz CT molecular complexity index is 859. The number of carbonyl (C=O) groups excluding carboxylic acids is 1. The van der Waals surface area contributed by atoms with E-state index in [0.717, 1.165) is 29.0 Å². The highest BCUT2D eigenvalue weighted by atomic mass is 19.1. The second kappa shape index (κ2) is 6.44. The number of carbonyl (C=O) groups is 1. The van der Waals surface area contributed by atoms with E-state index in [1.54, 1.807) is 6.07 Å². The molecule has 0 heterocycles. The third kappa shape index (κ3) is 3.45. The molecule has 0 saturated carbocycles. The van der Waals surface area contributed by atoms with Gasteiger partial charge in [-0.1, -0.05) is 36.4 Å².